The summed E-state index contributed by atoms with van der Waals surface area (Å²) in [7, 11) is 1.43. The quantitative estimate of drug-likeness (QED) is 0.467. The summed E-state index contributed by atoms with van der Waals surface area (Å²) < 4.78 is 0. The summed E-state index contributed by atoms with van der Waals surface area (Å²) in [5, 5.41) is 3.84. The maximum atomic E-state index is 12.3. The molecule has 0 radical (unpaired) electrons. The van der Waals surface area contributed by atoms with E-state index in [-0.39, 0.29) is 5.78 Å². The summed E-state index contributed by atoms with van der Waals surface area (Å²) in [6.45, 7) is 0. The van der Waals surface area contributed by atoms with Gasteiger partial charge in [0.05, 0.1) is 0 Å². The van der Waals surface area contributed by atoms with E-state index in [0.29, 0.717) is 11.3 Å². The maximum absolute atomic E-state index is 12.3. The second-order valence-corrected chi connectivity index (χ2v) is 3.68. The molecule has 0 saturated heterocycles. The number of carbonyl (C=O) groups is 1. The molecule has 3 heteroatoms. The summed E-state index contributed by atoms with van der Waals surface area (Å²) in [6.07, 6.45) is 0. The summed E-state index contributed by atoms with van der Waals surface area (Å²) >= 11 is 0. The van der Waals surface area contributed by atoms with Gasteiger partial charge in [0.25, 0.3) is 0 Å². The zero-order chi connectivity index (χ0) is 12.8. The van der Waals surface area contributed by atoms with Gasteiger partial charge in [0, 0.05) is 11.1 Å². The number of rotatable bonds is 4. The smallest absolute Gasteiger partial charge is 0.215 e. The van der Waals surface area contributed by atoms with Crippen molar-refractivity contribution in [3.05, 3.63) is 71.8 Å². The highest BCUT2D eigenvalue weighted by Gasteiger charge is 2.16. The topological polar surface area (TPSA) is 38.7 Å². The van der Waals surface area contributed by atoms with Gasteiger partial charge in [-0.05, 0) is 0 Å². The van der Waals surface area contributed by atoms with Crippen LogP contribution in [-0.4, -0.2) is 18.6 Å². The largest absolute Gasteiger partial charge is 0.399 e. The normalized spacial score (nSPS) is 11.1. The van der Waals surface area contributed by atoms with E-state index in [1.807, 2.05) is 48.5 Å². The van der Waals surface area contributed by atoms with Crippen molar-refractivity contribution in [3.63, 3.8) is 0 Å². The average molecular weight is 239 g/mol. The SMILES string of the molecule is CON=C(C(=O)c1ccccc1)c1ccccc1. The Bertz CT molecular complexity index is 547. The van der Waals surface area contributed by atoms with Crippen molar-refractivity contribution in [3.8, 4) is 0 Å². The van der Waals surface area contributed by atoms with Crippen molar-refractivity contribution in [2.45, 2.75) is 0 Å². The van der Waals surface area contributed by atoms with Crippen molar-refractivity contribution < 1.29 is 9.63 Å². The van der Waals surface area contributed by atoms with Gasteiger partial charge < -0.3 is 4.84 Å². The molecule has 0 heterocycles. The molecule has 2 aromatic rings. The van der Waals surface area contributed by atoms with Crippen LogP contribution in [0.15, 0.2) is 65.8 Å². The van der Waals surface area contributed by atoms with Crippen LogP contribution in [0.1, 0.15) is 15.9 Å². The van der Waals surface area contributed by atoms with E-state index in [1.165, 1.54) is 7.11 Å². The Kier molecular flexibility index (Phi) is 3.86. The van der Waals surface area contributed by atoms with Gasteiger partial charge in [-0.3, -0.25) is 4.79 Å². The monoisotopic (exact) mass is 239 g/mol. The average Bonchev–Trinajstić information content (AvgIpc) is 2.46. The Morgan fingerprint density at radius 2 is 1.39 bits per heavy atom. The predicted octanol–water partition coefficient (Wildman–Crippen LogP) is 2.92. The lowest BCUT2D eigenvalue weighted by Gasteiger charge is -2.04. The van der Waals surface area contributed by atoms with Crippen LogP contribution in [0, 0.1) is 0 Å². The third kappa shape index (κ3) is 2.63. The number of hydrogen-bond acceptors (Lipinski definition) is 3. The van der Waals surface area contributed by atoms with Gasteiger partial charge in [0.2, 0.25) is 5.78 Å². The third-order valence-corrected chi connectivity index (χ3v) is 2.48. The van der Waals surface area contributed by atoms with Crippen molar-refractivity contribution in [2.24, 2.45) is 5.16 Å². The van der Waals surface area contributed by atoms with Crippen LogP contribution in [0.5, 0.6) is 0 Å². The van der Waals surface area contributed by atoms with Crippen LogP contribution in [0.2, 0.25) is 0 Å². The molecule has 0 N–H and O–H groups in total. The second-order valence-electron chi connectivity index (χ2n) is 3.68. The molecule has 0 aromatic heterocycles. The summed E-state index contributed by atoms with van der Waals surface area (Å²) in [6, 6.07) is 18.3. The van der Waals surface area contributed by atoms with Crippen LogP contribution in [0.4, 0.5) is 0 Å². The van der Waals surface area contributed by atoms with Crippen molar-refractivity contribution >= 4 is 11.5 Å². The zero-order valence-corrected chi connectivity index (χ0v) is 10.0. The van der Waals surface area contributed by atoms with Gasteiger partial charge in [-0.25, -0.2) is 0 Å². The van der Waals surface area contributed by atoms with Gasteiger partial charge in [0.1, 0.15) is 7.11 Å². The number of ketones is 1. The Morgan fingerprint density at radius 3 is 1.89 bits per heavy atom. The minimum absolute atomic E-state index is 0.149. The summed E-state index contributed by atoms with van der Waals surface area (Å²) in [4.78, 5) is 17.1. The second kappa shape index (κ2) is 5.77. The highest BCUT2D eigenvalue weighted by molar-refractivity contribution is 6.51. The van der Waals surface area contributed by atoms with Crippen LogP contribution in [-0.2, 0) is 4.84 Å². The molecule has 0 saturated carbocycles. The number of benzene rings is 2. The summed E-state index contributed by atoms with van der Waals surface area (Å²) in [5.74, 6) is -0.149. The Morgan fingerprint density at radius 1 is 0.889 bits per heavy atom. The fraction of sp³-hybridized carbons (Fsp3) is 0.0667. The first-order valence-electron chi connectivity index (χ1n) is 5.59. The molecule has 3 nitrogen and oxygen atoms in total. The minimum Gasteiger partial charge on any atom is -0.399 e. The molecule has 90 valence electrons. The standard InChI is InChI=1S/C15H13NO2/c1-18-16-14(12-8-4-2-5-9-12)15(17)13-10-6-3-7-11-13/h2-11H,1H3. The Labute approximate surface area is 106 Å². The fourth-order valence-electron chi connectivity index (χ4n) is 1.64. The Hall–Kier alpha value is -2.42. The van der Waals surface area contributed by atoms with Gasteiger partial charge in [-0.15, -0.1) is 0 Å². The third-order valence-electron chi connectivity index (χ3n) is 2.48. The molecule has 2 rings (SSSR count). The number of carbonyl (C=O) groups excluding carboxylic acids is 1. The first-order valence-corrected chi connectivity index (χ1v) is 5.59. The van der Waals surface area contributed by atoms with Crippen molar-refractivity contribution in [1.82, 2.24) is 0 Å². The molecule has 0 aliphatic heterocycles. The number of oxime groups is 1. The minimum atomic E-state index is -0.149. The Balaban J connectivity index is 2.39. The van der Waals surface area contributed by atoms with Crippen molar-refractivity contribution in [2.75, 3.05) is 7.11 Å². The lowest BCUT2D eigenvalue weighted by Crippen LogP contribution is -2.16. The van der Waals surface area contributed by atoms with E-state index < -0.39 is 0 Å². The molecule has 0 spiro atoms. The van der Waals surface area contributed by atoms with E-state index in [2.05, 4.69) is 5.16 Å². The van der Waals surface area contributed by atoms with Crippen LogP contribution >= 0.6 is 0 Å². The number of Topliss-reactive ketones (excluding diaryl/α,β-unsaturated/α-hetero) is 1. The lowest BCUT2D eigenvalue weighted by molar-refractivity contribution is 0.105. The van der Waals surface area contributed by atoms with Crippen LogP contribution in [0.25, 0.3) is 0 Å². The van der Waals surface area contributed by atoms with Gasteiger partial charge >= 0.3 is 0 Å². The van der Waals surface area contributed by atoms with Crippen LogP contribution in [0.3, 0.4) is 0 Å². The van der Waals surface area contributed by atoms with Crippen LogP contribution < -0.4 is 0 Å². The van der Waals surface area contributed by atoms with Gasteiger partial charge in [-0.1, -0.05) is 65.8 Å². The first kappa shape index (κ1) is 12.0. The molecular weight excluding hydrogens is 226 g/mol. The molecule has 0 bridgehead atoms. The highest BCUT2D eigenvalue weighted by atomic mass is 16.6. The number of nitrogens with zero attached hydrogens (tertiary/aromatic N) is 1. The highest BCUT2D eigenvalue weighted by Crippen LogP contribution is 2.09. The summed E-state index contributed by atoms with van der Waals surface area (Å²) in [5.41, 5.74) is 1.65. The lowest BCUT2D eigenvalue weighted by atomic mass is 10.0. The van der Waals surface area contributed by atoms with Gasteiger partial charge in [0.15, 0.2) is 5.71 Å². The molecular formula is C15H13NO2. The van der Waals surface area contributed by atoms with E-state index >= 15 is 0 Å². The van der Waals surface area contributed by atoms with Gasteiger partial charge in [-0.2, -0.15) is 0 Å². The van der Waals surface area contributed by atoms with E-state index in [4.69, 9.17) is 4.84 Å². The zero-order valence-electron chi connectivity index (χ0n) is 10.0. The predicted molar refractivity (Wildman–Crippen MR) is 70.8 cm³/mol. The molecule has 18 heavy (non-hydrogen) atoms. The molecule has 2 aromatic carbocycles. The van der Waals surface area contributed by atoms with Crippen molar-refractivity contribution in [1.29, 1.82) is 0 Å². The molecule has 0 amide bonds. The molecule has 0 aliphatic rings. The van der Waals surface area contributed by atoms with E-state index in [0.717, 1.165) is 5.56 Å². The van der Waals surface area contributed by atoms with E-state index in [9.17, 15) is 4.79 Å². The first-order chi connectivity index (χ1) is 8.83. The molecule has 0 fully saturated rings. The maximum Gasteiger partial charge on any atom is 0.215 e. The molecule has 0 unspecified atom stereocenters. The number of hydrogen-bond donors (Lipinski definition) is 0. The molecule has 0 atom stereocenters. The molecule has 0 aliphatic carbocycles. The fourth-order valence-corrected chi connectivity index (χ4v) is 1.64. The van der Waals surface area contributed by atoms with E-state index in [1.54, 1.807) is 12.1 Å².